The first-order valence-electron chi connectivity index (χ1n) is 7.88. The maximum atomic E-state index is 12.4. The lowest BCUT2D eigenvalue weighted by Crippen LogP contribution is -2.26. The van der Waals surface area contributed by atoms with Gasteiger partial charge < -0.3 is 14.3 Å². The Morgan fingerprint density at radius 3 is 2.48 bits per heavy atom. The Balaban J connectivity index is 2.88. The molecule has 0 spiro atoms. The molecule has 1 atom stereocenters. The zero-order chi connectivity index (χ0) is 17.4. The molecule has 0 aliphatic rings. The van der Waals surface area contributed by atoms with E-state index < -0.39 is 0 Å². The number of ketones is 1. The molecular formula is C19H26O4. The van der Waals surface area contributed by atoms with Crippen LogP contribution in [-0.2, 0) is 16.0 Å². The minimum absolute atomic E-state index is 0.0785. The van der Waals surface area contributed by atoms with E-state index in [0.29, 0.717) is 24.3 Å². The number of esters is 1. The summed E-state index contributed by atoms with van der Waals surface area (Å²) in [6.07, 6.45) is 3.41. The van der Waals surface area contributed by atoms with E-state index in [1.807, 2.05) is 26.0 Å². The Morgan fingerprint density at radius 1 is 1.26 bits per heavy atom. The van der Waals surface area contributed by atoms with Crippen LogP contribution in [0.15, 0.2) is 30.9 Å². The van der Waals surface area contributed by atoms with Crippen molar-refractivity contribution in [1.82, 2.24) is 0 Å². The van der Waals surface area contributed by atoms with E-state index in [1.54, 1.807) is 19.3 Å². The topological polar surface area (TPSA) is 52.6 Å². The highest BCUT2D eigenvalue weighted by atomic mass is 16.6. The number of methoxy groups -OCH3 is 1. The average molecular weight is 318 g/mol. The fourth-order valence-corrected chi connectivity index (χ4v) is 2.36. The van der Waals surface area contributed by atoms with Crippen molar-refractivity contribution in [3.8, 4) is 11.5 Å². The van der Waals surface area contributed by atoms with Crippen LogP contribution in [0, 0.1) is 11.8 Å². The molecule has 0 saturated heterocycles. The van der Waals surface area contributed by atoms with Crippen LogP contribution in [0.25, 0.3) is 0 Å². The lowest BCUT2D eigenvalue weighted by molar-refractivity contribution is -0.140. The molecule has 1 aromatic carbocycles. The Labute approximate surface area is 138 Å². The number of ether oxygens (including phenoxy) is 2. The second-order valence-corrected chi connectivity index (χ2v) is 5.99. The van der Waals surface area contributed by atoms with Gasteiger partial charge in [0.1, 0.15) is 5.78 Å². The molecule has 1 rings (SSSR count). The highest BCUT2D eigenvalue weighted by molar-refractivity contribution is 5.79. The molecule has 0 bridgehead atoms. The van der Waals surface area contributed by atoms with Gasteiger partial charge in [-0.15, -0.1) is 6.58 Å². The SMILES string of the molecule is C=CCc1ccc(OC(=O)C(CCC(C)=O)C(C)C)c(OC)c1. The minimum atomic E-state index is -0.323. The van der Waals surface area contributed by atoms with Crippen LogP contribution in [0.5, 0.6) is 11.5 Å². The van der Waals surface area contributed by atoms with Crippen molar-refractivity contribution >= 4 is 11.8 Å². The molecule has 23 heavy (non-hydrogen) atoms. The van der Waals surface area contributed by atoms with Crippen molar-refractivity contribution in [2.45, 2.75) is 40.0 Å². The summed E-state index contributed by atoms with van der Waals surface area (Å²) in [5.74, 6) is 0.473. The van der Waals surface area contributed by atoms with Gasteiger partial charge in [0.05, 0.1) is 13.0 Å². The predicted molar refractivity (Wildman–Crippen MR) is 90.8 cm³/mol. The summed E-state index contributed by atoms with van der Waals surface area (Å²) < 4.78 is 10.8. The van der Waals surface area contributed by atoms with Crippen molar-refractivity contribution in [1.29, 1.82) is 0 Å². The van der Waals surface area contributed by atoms with Gasteiger partial charge >= 0.3 is 5.97 Å². The molecule has 0 heterocycles. The number of carbonyl (C=O) groups is 2. The number of Topliss-reactive ketones (excluding diaryl/α,β-unsaturated/α-hetero) is 1. The van der Waals surface area contributed by atoms with Gasteiger partial charge in [-0.05, 0) is 43.4 Å². The van der Waals surface area contributed by atoms with Gasteiger partial charge in [0.25, 0.3) is 0 Å². The molecule has 1 aromatic rings. The first-order chi connectivity index (χ1) is 10.9. The largest absolute Gasteiger partial charge is 0.493 e. The molecule has 126 valence electrons. The quantitative estimate of drug-likeness (QED) is 0.393. The minimum Gasteiger partial charge on any atom is -0.493 e. The third kappa shape index (κ3) is 5.89. The summed E-state index contributed by atoms with van der Waals surface area (Å²) in [5, 5.41) is 0. The third-order valence-electron chi connectivity index (χ3n) is 3.73. The van der Waals surface area contributed by atoms with E-state index in [0.717, 1.165) is 12.0 Å². The Morgan fingerprint density at radius 2 is 1.96 bits per heavy atom. The first-order valence-corrected chi connectivity index (χ1v) is 7.88. The van der Waals surface area contributed by atoms with E-state index in [9.17, 15) is 9.59 Å². The summed E-state index contributed by atoms with van der Waals surface area (Å²) in [6.45, 7) is 9.15. The van der Waals surface area contributed by atoms with Gasteiger partial charge in [-0.3, -0.25) is 4.79 Å². The second kappa shape index (κ2) is 9.13. The molecule has 0 N–H and O–H groups in total. The van der Waals surface area contributed by atoms with E-state index in [1.165, 1.54) is 6.92 Å². The van der Waals surface area contributed by atoms with Crippen molar-refractivity contribution in [2.24, 2.45) is 11.8 Å². The summed E-state index contributed by atoms with van der Waals surface area (Å²) >= 11 is 0. The van der Waals surface area contributed by atoms with Crippen LogP contribution in [0.1, 0.15) is 39.2 Å². The highest BCUT2D eigenvalue weighted by Crippen LogP contribution is 2.30. The van der Waals surface area contributed by atoms with Crippen LogP contribution in [-0.4, -0.2) is 18.9 Å². The maximum absolute atomic E-state index is 12.4. The molecule has 0 saturated carbocycles. The molecule has 0 aliphatic carbocycles. The standard InChI is InChI=1S/C19H26O4/c1-6-7-15-9-11-17(18(12-15)22-5)23-19(21)16(13(2)3)10-8-14(4)20/h6,9,11-13,16H,1,7-8,10H2,2-5H3. The predicted octanol–water partition coefficient (Wildman–Crippen LogP) is 3.97. The number of benzene rings is 1. The number of hydrogen-bond acceptors (Lipinski definition) is 4. The number of allylic oxidation sites excluding steroid dienone is 1. The fraction of sp³-hybridized carbons (Fsp3) is 0.474. The lowest BCUT2D eigenvalue weighted by atomic mass is 9.90. The summed E-state index contributed by atoms with van der Waals surface area (Å²) in [5.41, 5.74) is 1.04. The van der Waals surface area contributed by atoms with Crippen LogP contribution in [0.3, 0.4) is 0 Å². The van der Waals surface area contributed by atoms with Crippen molar-refractivity contribution < 1.29 is 19.1 Å². The number of carbonyl (C=O) groups excluding carboxylic acids is 2. The molecule has 0 aromatic heterocycles. The van der Waals surface area contributed by atoms with Gasteiger partial charge in [-0.2, -0.15) is 0 Å². The van der Waals surface area contributed by atoms with Gasteiger partial charge in [0.2, 0.25) is 0 Å². The molecule has 4 nitrogen and oxygen atoms in total. The van der Waals surface area contributed by atoms with Crippen LogP contribution < -0.4 is 9.47 Å². The normalized spacial score (nSPS) is 11.9. The number of rotatable bonds is 9. The Kier molecular flexibility index (Phi) is 7.52. The third-order valence-corrected chi connectivity index (χ3v) is 3.73. The fourth-order valence-electron chi connectivity index (χ4n) is 2.36. The molecular weight excluding hydrogens is 292 g/mol. The molecule has 0 radical (unpaired) electrons. The summed E-state index contributed by atoms with van der Waals surface area (Å²) in [4.78, 5) is 23.6. The van der Waals surface area contributed by atoms with E-state index in [2.05, 4.69) is 6.58 Å². The van der Waals surface area contributed by atoms with Crippen molar-refractivity contribution in [3.05, 3.63) is 36.4 Å². The van der Waals surface area contributed by atoms with E-state index in [4.69, 9.17) is 9.47 Å². The zero-order valence-electron chi connectivity index (χ0n) is 14.4. The lowest BCUT2D eigenvalue weighted by Gasteiger charge is -2.19. The second-order valence-electron chi connectivity index (χ2n) is 5.99. The molecule has 4 heteroatoms. The molecule has 0 aliphatic heterocycles. The van der Waals surface area contributed by atoms with E-state index in [-0.39, 0.29) is 23.6 Å². The molecule has 1 unspecified atom stereocenters. The molecule has 0 amide bonds. The van der Waals surface area contributed by atoms with E-state index >= 15 is 0 Å². The summed E-state index contributed by atoms with van der Waals surface area (Å²) in [6, 6.07) is 5.45. The Bertz CT molecular complexity index is 560. The molecule has 0 fully saturated rings. The summed E-state index contributed by atoms with van der Waals surface area (Å²) in [7, 11) is 1.54. The number of hydrogen-bond donors (Lipinski definition) is 0. The van der Waals surface area contributed by atoms with Crippen molar-refractivity contribution in [2.75, 3.05) is 7.11 Å². The van der Waals surface area contributed by atoms with Gasteiger partial charge in [0.15, 0.2) is 11.5 Å². The van der Waals surface area contributed by atoms with Crippen LogP contribution in [0.4, 0.5) is 0 Å². The van der Waals surface area contributed by atoms with Crippen LogP contribution in [0.2, 0.25) is 0 Å². The zero-order valence-corrected chi connectivity index (χ0v) is 14.4. The Hall–Kier alpha value is -2.10. The van der Waals surface area contributed by atoms with Gasteiger partial charge in [0, 0.05) is 6.42 Å². The van der Waals surface area contributed by atoms with Crippen LogP contribution >= 0.6 is 0 Å². The van der Waals surface area contributed by atoms with Crippen molar-refractivity contribution in [3.63, 3.8) is 0 Å². The van der Waals surface area contributed by atoms with Gasteiger partial charge in [-0.1, -0.05) is 26.0 Å². The average Bonchev–Trinajstić information content (AvgIpc) is 2.48. The monoisotopic (exact) mass is 318 g/mol. The highest BCUT2D eigenvalue weighted by Gasteiger charge is 2.25. The first kappa shape index (κ1) is 18.9. The smallest absolute Gasteiger partial charge is 0.314 e. The van der Waals surface area contributed by atoms with Gasteiger partial charge in [-0.25, -0.2) is 0 Å². The maximum Gasteiger partial charge on any atom is 0.314 e.